The molecular weight excluding hydrogens is 276 g/mol. The predicted molar refractivity (Wildman–Crippen MR) is 75.1 cm³/mol. The van der Waals surface area contributed by atoms with Gasteiger partial charge in [-0.15, -0.1) is 0 Å². The predicted octanol–water partition coefficient (Wildman–Crippen LogP) is 1.05. The first-order chi connectivity index (χ1) is 9.62. The molecule has 0 bridgehead atoms. The van der Waals surface area contributed by atoms with Gasteiger partial charge in [-0.3, -0.25) is 4.90 Å². The maximum Gasteiger partial charge on any atom is 0.179 e. The Morgan fingerprint density at radius 2 is 1.95 bits per heavy atom. The van der Waals surface area contributed by atoms with Gasteiger partial charge in [-0.05, 0) is 30.7 Å². The molecule has 0 atom stereocenters. The van der Waals surface area contributed by atoms with Crippen LogP contribution in [0.25, 0.3) is 0 Å². The Kier molecular flexibility index (Phi) is 5.12. The lowest BCUT2D eigenvalue weighted by molar-refractivity contribution is 0.142. The summed E-state index contributed by atoms with van der Waals surface area (Å²) in [4.78, 5) is 2.40. The molecular formula is C14H18N2O3S. The zero-order valence-corrected chi connectivity index (χ0v) is 12.1. The van der Waals surface area contributed by atoms with Gasteiger partial charge in [0.1, 0.15) is 0 Å². The van der Waals surface area contributed by atoms with Crippen molar-refractivity contribution in [1.29, 1.82) is 5.26 Å². The highest BCUT2D eigenvalue weighted by atomic mass is 32.2. The molecule has 2 rings (SSSR count). The number of sulfone groups is 1. The van der Waals surface area contributed by atoms with E-state index in [0.717, 1.165) is 26.1 Å². The summed E-state index contributed by atoms with van der Waals surface area (Å²) in [6, 6.07) is 8.05. The number of nitriles is 1. The SMILES string of the molecule is N#Cc1ccc(S(=O)(=O)CCN2CCCOCC2)cc1. The first kappa shape index (κ1) is 15.0. The van der Waals surface area contributed by atoms with Crippen molar-refractivity contribution < 1.29 is 13.2 Å². The van der Waals surface area contributed by atoms with Crippen LogP contribution >= 0.6 is 0 Å². The minimum absolute atomic E-state index is 0.0961. The third kappa shape index (κ3) is 4.04. The van der Waals surface area contributed by atoms with E-state index in [0.29, 0.717) is 18.7 Å². The molecule has 0 aliphatic carbocycles. The van der Waals surface area contributed by atoms with E-state index in [4.69, 9.17) is 10.00 Å². The summed E-state index contributed by atoms with van der Waals surface area (Å²) in [7, 11) is -3.29. The highest BCUT2D eigenvalue weighted by molar-refractivity contribution is 7.91. The molecule has 1 aliphatic heterocycles. The molecule has 5 nitrogen and oxygen atoms in total. The number of nitrogens with zero attached hydrogens (tertiary/aromatic N) is 2. The molecule has 108 valence electrons. The van der Waals surface area contributed by atoms with Crippen molar-refractivity contribution >= 4 is 9.84 Å². The van der Waals surface area contributed by atoms with Gasteiger partial charge in [0.2, 0.25) is 0 Å². The summed E-state index contributed by atoms with van der Waals surface area (Å²) in [6.07, 6.45) is 0.941. The highest BCUT2D eigenvalue weighted by Gasteiger charge is 2.17. The van der Waals surface area contributed by atoms with Gasteiger partial charge >= 0.3 is 0 Å². The molecule has 6 heteroatoms. The summed E-state index contributed by atoms with van der Waals surface area (Å²) in [6.45, 7) is 3.59. The normalized spacial score (nSPS) is 17.4. The number of rotatable bonds is 4. The maximum atomic E-state index is 12.2. The van der Waals surface area contributed by atoms with Gasteiger partial charge in [-0.25, -0.2) is 8.42 Å². The van der Waals surface area contributed by atoms with Gasteiger partial charge in [0.05, 0.1) is 28.9 Å². The molecule has 0 spiro atoms. The van der Waals surface area contributed by atoms with E-state index in [1.54, 1.807) is 0 Å². The number of ether oxygens (including phenoxy) is 1. The second kappa shape index (κ2) is 6.84. The van der Waals surface area contributed by atoms with Crippen LogP contribution in [0.3, 0.4) is 0 Å². The van der Waals surface area contributed by atoms with Gasteiger partial charge in [0, 0.05) is 26.2 Å². The van der Waals surface area contributed by atoms with Gasteiger partial charge in [-0.2, -0.15) is 5.26 Å². The summed E-state index contributed by atoms with van der Waals surface area (Å²) >= 11 is 0. The third-order valence-electron chi connectivity index (χ3n) is 3.33. The molecule has 0 aromatic heterocycles. The van der Waals surface area contributed by atoms with Gasteiger partial charge in [0.25, 0.3) is 0 Å². The summed E-state index contributed by atoms with van der Waals surface area (Å²) in [5.41, 5.74) is 0.466. The van der Waals surface area contributed by atoms with Crippen LogP contribution in [0.15, 0.2) is 29.2 Å². The average Bonchev–Trinajstić information content (AvgIpc) is 2.74. The largest absolute Gasteiger partial charge is 0.380 e. The van der Waals surface area contributed by atoms with E-state index in [2.05, 4.69) is 4.90 Å². The first-order valence-corrected chi connectivity index (χ1v) is 8.30. The lowest BCUT2D eigenvalue weighted by Crippen LogP contribution is -2.31. The molecule has 1 aromatic carbocycles. The fourth-order valence-electron chi connectivity index (χ4n) is 2.13. The summed E-state index contributed by atoms with van der Waals surface area (Å²) in [5, 5.41) is 8.71. The Hall–Kier alpha value is -1.42. The van der Waals surface area contributed by atoms with Gasteiger partial charge in [-0.1, -0.05) is 0 Å². The smallest absolute Gasteiger partial charge is 0.179 e. The zero-order valence-electron chi connectivity index (χ0n) is 11.3. The quantitative estimate of drug-likeness (QED) is 0.830. The Morgan fingerprint density at radius 3 is 2.65 bits per heavy atom. The van der Waals surface area contributed by atoms with Crippen LogP contribution in [0.1, 0.15) is 12.0 Å². The Bertz CT molecular complexity index is 567. The van der Waals surface area contributed by atoms with E-state index >= 15 is 0 Å². The number of benzene rings is 1. The molecule has 0 N–H and O–H groups in total. The molecule has 0 amide bonds. The molecule has 0 saturated carbocycles. The molecule has 20 heavy (non-hydrogen) atoms. The Labute approximate surface area is 119 Å². The van der Waals surface area contributed by atoms with Crippen molar-refractivity contribution in [3.63, 3.8) is 0 Å². The average molecular weight is 294 g/mol. The lowest BCUT2D eigenvalue weighted by Gasteiger charge is -2.18. The van der Waals surface area contributed by atoms with Crippen LogP contribution in [0.4, 0.5) is 0 Å². The topological polar surface area (TPSA) is 70.4 Å². The van der Waals surface area contributed by atoms with Crippen LogP contribution in [0.5, 0.6) is 0 Å². The number of hydrogen-bond acceptors (Lipinski definition) is 5. The second-order valence-corrected chi connectivity index (χ2v) is 6.87. The number of hydrogen-bond donors (Lipinski definition) is 0. The van der Waals surface area contributed by atoms with Crippen LogP contribution in [0.2, 0.25) is 0 Å². The summed E-state index contributed by atoms with van der Waals surface area (Å²) < 4.78 is 29.8. The van der Waals surface area contributed by atoms with Crippen LogP contribution in [0, 0.1) is 11.3 Å². The third-order valence-corrected chi connectivity index (χ3v) is 5.04. The van der Waals surface area contributed by atoms with Gasteiger partial charge < -0.3 is 4.74 Å². The fourth-order valence-corrected chi connectivity index (χ4v) is 3.41. The fraction of sp³-hybridized carbons (Fsp3) is 0.500. The lowest BCUT2D eigenvalue weighted by atomic mass is 10.2. The van der Waals surface area contributed by atoms with E-state index in [1.165, 1.54) is 24.3 Å². The molecule has 1 aliphatic rings. The molecule has 1 fully saturated rings. The molecule has 0 radical (unpaired) electrons. The van der Waals surface area contributed by atoms with Crippen molar-refractivity contribution in [2.24, 2.45) is 0 Å². The minimum Gasteiger partial charge on any atom is -0.380 e. The first-order valence-electron chi connectivity index (χ1n) is 6.65. The molecule has 1 aromatic rings. The van der Waals surface area contributed by atoms with Crippen LogP contribution in [-0.2, 0) is 14.6 Å². The van der Waals surface area contributed by atoms with Crippen molar-refractivity contribution in [3.05, 3.63) is 29.8 Å². The minimum atomic E-state index is -3.29. The van der Waals surface area contributed by atoms with Crippen LogP contribution < -0.4 is 0 Å². The zero-order chi connectivity index (χ0) is 14.4. The van der Waals surface area contributed by atoms with Crippen molar-refractivity contribution in [1.82, 2.24) is 4.90 Å². The van der Waals surface area contributed by atoms with Crippen molar-refractivity contribution in [2.75, 3.05) is 38.6 Å². The van der Waals surface area contributed by atoms with E-state index < -0.39 is 9.84 Å². The molecule has 1 saturated heterocycles. The standard InChI is InChI=1S/C14H18N2O3S/c15-12-13-2-4-14(5-3-13)20(17,18)11-8-16-6-1-9-19-10-7-16/h2-5H,1,6-11H2. The molecule has 0 unspecified atom stereocenters. The highest BCUT2D eigenvalue weighted by Crippen LogP contribution is 2.13. The Morgan fingerprint density at radius 1 is 1.20 bits per heavy atom. The Balaban J connectivity index is 1.97. The van der Waals surface area contributed by atoms with Gasteiger partial charge in [0.15, 0.2) is 9.84 Å². The van der Waals surface area contributed by atoms with Crippen LogP contribution in [-0.4, -0.2) is 51.9 Å². The maximum absolute atomic E-state index is 12.2. The van der Waals surface area contributed by atoms with E-state index in [9.17, 15) is 8.42 Å². The summed E-state index contributed by atoms with van der Waals surface area (Å²) in [5.74, 6) is 0.0961. The van der Waals surface area contributed by atoms with E-state index in [-0.39, 0.29) is 10.6 Å². The monoisotopic (exact) mass is 294 g/mol. The van der Waals surface area contributed by atoms with E-state index in [1.807, 2.05) is 6.07 Å². The van der Waals surface area contributed by atoms with Crippen molar-refractivity contribution in [2.45, 2.75) is 11.3 Å². The second-order valence-electron chi connectivity index (χ2n) is 4.76. The van der Waals surface area contributed by atoms with Crippen molar-refractivity contribution in [3.8, 4) is 6.07 Å². The molecule has 1 heterocycles.